The molecule has 0 radical (unpaired) electrons. The summed E-state index contributed by atoms with van der Waals surface area (Å²) in [4.78, 5) is 15.4. The number of hydrogen-bond donors (Lipinski definition) is 0. The van der Waals surface area contributed by atoms with Crippen molar-refractivity contribution in [2.75, 3.05) is 0 Å². The Morgan fingerprint density at radius 3 is 1.82 bits per heavy atom. The van der Waals surface area contributed by atoms with Crippen LogP contribution in [0.2, 0.25) is 0 Å². The molecule has 0 amide bonds. The lowest BCUT2D eigenvalue weighted by Crippen LogP contribution is -2.11. The maximum absolute atomic E-state index is 5.19. The van der Waals surface area contributed by atoms with Crippen molar-refractivity contribution < 1.29 is 0 Å². The standard InChI is InChI=1S/C46H35N5/c1-30-14-8-9-19-35(30)45-47-44(31-15-4-2-5-16-31)48-46(49-45)51-41-23-13-11-21-37(41)39-29-33(25-27-43(39)51)32-24-26-42-38(28-32)36-20-10-12-22-40(36)50(42)34-17-6-3-7-18-34/h2-6,8-13,15-17,19-30H,7,14,18H2,1H3. The predicted molar refractivity (Wildman–Crippen MR) is 212 cm³/mol. The van der Waals surface area contributed by atoms with E-state index in [2.05, 4.69) is 150 Å². The van der Waals surface area contributed by atoms with E-state index in [1.165, 1.54) is 49.4 Å². The van der Waals surface area contributed by atoms with Crippen molar-refractivity contribution in [2.45, 2.75) is 26.2 Å². The van der Waals surface area contributed by atoms with Gasteiger partial charge in [-0.15, -0.1) is 0 Å². The van der Waals surface area contributed by atoms with Crippen LogP contribution in [-0.4, -0.2) is 24.1 Å². The molecule has 8 aromatic rings. The molecule has 1 atom stereocenters. The number of fused-ring (bicyclic) bond motifs is 6. The average Bonchev–Trinajstić information content (AvgIpc) is 3.71. The molecule has 0 saturated heterocycles. The molecule has 0 spiro atoms. The Kier molecular flexibility index (Phi) is 6.91. The third kappa shape index (κ3) is 4.88. The third-order valence-corrected chi connectivity index (χ3v) is 10.5. The zero-order valence-electron chi connectivity index (χ0n) is 28.4. The fraction of sp³-hybridized carbons (Fsp3) is 0.109. The summed E-state index contributed by atoms with van der Waals surface area (Å²) in [5.41, 5.74) is 10.5. The molecule has 1 unspecified atom stereocenters. The molecule has 0 aliphatic heterocycles. The number of nitrogens with zero attached hydrogens (tertiary/aromatic N) is 5. The molecular formula is C46H35N5. The second-order valence-electron chi connectivity index (χ2n) is 13.6. The zero-order chi connectivity index (χ0) is 33.9. The number of hydrogen-bond acceptors (Lipinski definition) is 3. The highest BCUT2D eigenvalue weighted by Gasteiger charge is 2.22. The van der Waals surface area contributed by atoms with E-state index in [9.17, 15) is 0 Å². The van der Waals surface area contributed by atoms with Crippen LogP contribution in [0, 0.1) is 5.92 Å². The van der Waals surface area contributed by atoms with Gasteiger partial charge in [0.05, 0.1) is 22.1 Å². The van der Waals surface area contributed by atoms with E-state index in [0.717, 1.165) is 47.3 Å². The van der Waals surface area contributed by atoms with Gasteiger partial charge in [-0.05, 0) is 78.8 Å². The number of benzene rings is 5. The van der Waals surface area contributed by atoms with Crippen molar-refractivity contribution in [3.63, 3.8) is 0 Å². The van der Waals surface area contributed by atoms with Gasteiger partial charge >= 0.3 is 0 Å². The van der Waals surface area contributed by atoms with E-state index in [0.29, 0.717) is 17.7 Å². The Labute approximate surface area is 296 Å². The van der Waals surface area contributed by atoms with Gasteiger partial charge in [0.1, 0.15) is 0 Å². The molecule has 3 heterocycles. The van der Waals surface area contributed by atoms with Gasteiger partial charge < -0.3 is 4.57 Å². The first-order valence-corrected chi connectivity index (χ1v) is 17.8. The predicted octanol–water partition coefficient (Wildman–Crippen LogP) is 11.6. The van der Waals surface area contributed by atoms with Gasteiger partial charge in [-0.3, -0.25) is 4.57 Å². The van der Waals surface area contributed by atoms with Crippen molar-refractivity contribution in [1.82, 2.24) is 24.1 Å². The van der Waals surface area contributed by atoms with Gasteiger partial charge in [-0.2, -0.15) is 9.97 Å². The van der Waals surface area contributed by atoms with Crippen LogP contribution in [0.1, 0.15) is 32.0 Å². The van der Waals surface area contributed by atoms with Gasteiger partial charge in [0.25, 0.3) is 0 Å². The number of allylic oxidation sites excluding steroid dienone is 8. The Bertz CT molecular complexity index is 2790. The maximum atomic E-state index is 5.19. The molecule has 0 bridgehead atoms. The third-order valence-electron chi connectivity index (χ3n) is 10.5. The summed E-state index contributed by atoms with van der Waals surface area (Å²) in [6.07, 6.45) is 16.2. The molecule has 51 heavy (non-hydrogen) atoms. The maximum Gasteiger partial charge on any atom is 0.238 e. The van der Waals surface area contributed by atoms with Crippen molar-refractivity contribution in [1.29, 1.82) is 0 Å². The fourth-order valence-electron chi connectivity index (χ4n) is 7.96. The van der Waals surface area contributed by atoms with E-state index in [1.807, 2.05) is 18.2 Å². The minimum absolute atomic E-state index is 0.317. The van der Waals surface area contributed by atoms with Crippen LogP contribution >= 0.6 is 0 Å². The molecule has 244 valence electrons. The van der Waals surface area contributed by atoms with E-state index < -0.39 is 0 Å². The highest BCUT2D eigenvalue weighted by atomic mass is 15.2. The Morgan fingerprint density at radius 2 is 1.14 bits per heavy atom. The average molecular weight is 658 g/mol. The normalized spacial score (nSPS) is 16.0. The van der Waals surface area contributed by atoms with Crippen molar-refractivity contribution in [2.24, 2.45) is 5.92 Å². The lowest BCUT2D eigenvalue weighted by atomic mass is 9.93. The highest BCUT2D eigenvalue weighted by Crippen LogP contribution is 2.39. The second kappa shape index (κ2) is 11.9. The highest BCUT2D eigenvalue weighted by molar-refractivity contribution is 6.13. The van der Waals surface area contributed by atoms with Crippen LogP contribution in [0.15, 0.2) is 152 Å². The largest absolute Gasteiger partial charge is 0.313 e. The lowest BCUT2D eigenvalue weighted by molar-refractivity contribution is 0.744. The summed E-state index contributed by atoms with van der Waals surface area (Å²) >= 11 is 0. The summed E-state index contributed by atoms with van der Waals surface area (Å²) < 4.78 is 4.65. The lowest BCUT2D eigenvalue weighted by Gasteiger charge is -2.17. The second-order valence-corrected chi connectivity index (χ2v) is 13.6. The molecule has 2 aliphatic rings. The first kappa shape index (κ1) is 29.6. The van der Waals surface area contributed by atoms with Gasteiger partial charge in [-0.25, -0.2) is 4.98 Å². The van der Waals surface area contributed by atoms with Crippen molar-refractivity contribution in [3.05, 3.63) is 158 Å². The summed E-state index contributed by atoms with van der Waals surface area (Å²) in [7, 11) is 0. The fourth-order valence-corrected chi connectivity index (χ4v) is 7.96. The minimum atomic E-state index is 0.317. The van der Waals surface area contributed by atoms with Crippen LogP contribution in [0.25, 0.3) is 83.3 Å². The quantitative estimate of drug-likeness (QED) is 0.185. The molecule has 5 nitrogen and oxygen atoms in total. The minimum Gasteiger partial charge on any atom is -0.313 e. The Balaban J connectivity index is 1.16. The van der Waals surface area contributed by atoms with Crippen molar-refractivity contribution in [3.8, 4) is 28.5 Å². The van der Waals surface area contributed by atoms with Crippen LogP contribution in [0.3, 0.4) is 0 Å². The smallest absolute Gasteiger partial charge is 0.238 e. The van der Waals surface area contributed by atoms with Crippen LogP contribution < -0.4 is 0 Å². The molecule has 2 aliphatic carbocycles. The number of aromatic nitrogens is 5. The topological polar surface area (TPSA) is 48.5 Å². The molecule has 5 aromatic carbocycles. The first-order valence-electron chi connectivity index (χ1n) is 17.8. The van der Waals surface area contributed by atoms with E-state index in [-0.39, 0.29) is 0 Å². The summed E-state index contributed by atoms with van der Waals surface area (Å²) in [6.45, 7) is 2.24. The van der Waals surface area contributed by atoms with Gasteiger partial charge in [0.15, 0.2) is 11.6 Å². The number of rotatable bonds is 5. The van der Waals surface area contributed by atoms with Gasteiger partial charge in [0, 0.05) is 38.4 Å². The van der Waals surface area contributed by atoms with E-state index in [1.54, 1.807) is 0 Å². The Hall–Kier alpha value is -6.33. The van der Waals surface area contributed by atoms with E-state index >= 15 is 0 Å². The molecule has 0 fully saturated rings. The molecule has 0 saturated carbocycles. The molecule has 10 rings (SSSR count). The Morgan fingerprint density at radius 1 is 0.529 bits per heavy atom. The molecular weight excluding hydrogens is 623 g/mol. The first-order chi connectivity index (χ1) is 25.2. The van der Waals surface area contributed by atoms with Crippen LogP contribution in [0.4, 0.5) is 0 Å². The van der Waals surface area contributed by atoms with E-state index in [4.69, 9.17) is 15.0 Å². The summed E-state index contributed by atoms with van der Waals surface area (Å²) in [5, 5.41) is 4.88. The molecule has 5 heteroatoms. The number of para-hydroxylation sites is 2. The van der Waals surface area contributed by atoms with Crippen LogP contribution in [0.5, 0.6) is 0 Å². The van der Waals surface area contributed by atoms with Crippen LogP contribution in [-0.2, 0) is 0 Å². The monoisotopic (exact) mass is 657 g/mol. The zero-order valence-corrected chi connectivity index (χ0v) is 28.4. The molecule has 3 aromatic heterocycles. The SMILES string of the molecule is CC1CC=CC=C1c1nc(-c2ccccc2)nc(-n2c3ccccc3c3cc(-c4ccc5c(c4)c4ccccc4n5C4=CC=CCC4)ccc32)n1. The van der Waals surface area contributed by atoms with Gasteiger partial charge in [0.2, 0.25) is 5.95 Å². The summed E-state index contributed by atoms with van der Waals surface area (Å²) in [6, 6.07) is 41.3. The van der Waals surface area contributed by atoms with Gasteiger partial charge in [-0.1, -0.05) is 116 Å². The molecule has 0 N–H and O–H groups in total. The van der Waals surface area contributed by atoms with Crippen molar-refractivity contribution >= 4 is 54.9 Å². The summed E-state index contributed by atoms with van der Waals surface area (Å²) in [5.74, 6) is 2.35.